The van der Waals surface area contributed by atoms with Gasteiger partial charge in [-0.3, -0.25) is 4.79 Å². The van der Waals surface area contributed by atoms with Gasteiger partial charge in [-0.2, -0.15) is 0 Å². The minimum Gasteiger partial charge on any atom is -0.491 e. The molecule has 0 aliphatic rings. The number of carboxylic acids is 1. The van der Waals surface area contributed by atoms with Crippen LogP contribution in [0.1, 0.15) is 29.5 Å². The first kappa shape index (κ1) is 26.8. The predicted molar refractivity (Wildman–Crippen MR) is 155 cm³/mol. The summed E-state index contributed by atoms with van der Waals surface area (Å²) in [6.45, 7) is 3.29. The largest absolute Gasteiger partial charge is 0.491 e. The van der Waals surface area contributed by atoms with Crippen molar-refractivity contribution in [2.45, 2.75) is 25.7 Å². The maximum absolute atomic E-state index is 11.0. The maximum Gasteiger partial charge on any atom is 0.307 e. The first-order valence-corrected chi connectivity index (χ1v) is 13.8. The second-order valence-corrected chi connectivity index (χ2v) is 11.4. The molecule has 4 N–H and O–H groups in total. The van der Waals surface area contributed by atoms with E-state index in [1.54, 1.807) is 0 Å². The van der Waals surface area contributed by atoms with Crippen LogP contribution in [0.3, 0.4) is 0 Å². The topological polar surface area (TPSA) is 84.6 Å². The van der Waals surface area contributed by atoms with E-state index < -0.39 is 5.97 Å². The molecule has 0 heterocycles. The number of carboxylic acid groups (broad SMARTS) is 1. The van der Waals surface area contributed by atoms with Crippen LogP contribution in [0.25, 0.3) is 0 Å². The van der Waals surface area contributed by atoms with Crippen LogP contribution in [-0.2, 0) is 17.6 Å². The fourth-order valence-electron chi connectivity index (χ4n) is 2.88. The van der Waals surface area contributed by atoms with Crippen LogP contribution in [0.2, 0.25) is 0 Å². The molecule has 2 rings (SSSR count). The normalized spacial score (nSPS) is 11.0. The Balaban J connectivity index is 2.02. The Morgan fingerprint density at radius 3 is 2.07 bits per heavy atom. The van der Waals surface area contributed by atoms with Gasteiger partial charge in [0.15, 0.2) is 0 Å². The summed E-state index contributed by atoms with van der Waals surface area (Å²) >= 11 is 9.29. The Kier molecular flexibility index (Phi) is 12.5. The Morgan fingerprint density at radius 2 is 1.50 bits per heavy atom. The molecule has 0 spiro atoms. The molecule has 0 bridgehead atoms. The van der Waals surface area contributed by atoms with Crippen LogP contribution in [0.15, 0.2) is 24.3 Å². The summed E-state index contributed by atoms with van der Waals surface area (Å²) in [5.41, 5.74) is 8.78. The smallest absolute Gasteiger partial charge is 0.307 e. The highest BCUT2D eigenvalue weighted by molar-refractivity contribution is 14.1. The number of carbonyl (C=O) groups is 1. The third kappa shape index (κ3) is 8.83. The lowest BCUT2D eigenvalue weighted by atomic mass is 10.0. The number of hydrogen-bond acceptors (Lipinski definition) is 4. The number of aliphatic carboxylic acids is 1. The molecule has 0 aromatic heterocycles. The number of rotatable bonds is 12. The zero-order valence-corrected chi connectivity index (χ0v) is 24.9. The van der Waals surface area contributed by atoms with E-state index in [4.69, 9.17) is 15.6 Å². The second kappa shape index (κ2) is 14.0. The molecule has 0 saturated carbocycles. The SMILES string of the molecule is NCCCNCCCOc1c(I)cc(Cc2c(I)cc(CC(=O)O)cc2I)cc1I. The van der Waals surface area contributed by atoms with Gasteiger partial charge in [0.1, 0.15) is 5.75 Å². The van der Waals surface area contributed by atoms with E-state index in [1.807, 2.05) is 12.1 Å². The Hall–Kier alpha value is 0.550. The summed E-state index contributed by atoms with van der Waals surface area (Å²) in [4.78, 5) is 11.0. The number of ether oxygens (including phenoxy) is 1. The molecular weight excluding hydrogens is 836 g/mol. The molecule has 30 heavy (non-hydrogen) atoms. The molecule has 0 atom stereocenters. The van der Waals surface area contributed by atoms with Gasteiger partial charge < -0.3 is 20.9 Å². The highest BCUT2D eigenvalue weighted by atomic mass is 127. The van der Waals surface area contributed by atoms with Crippen molar-refractivity contribution < 1.29 is 14.6 Å². The molecule has 2 aromatic rings. The molecule has 0 amide bonds. The van der Waals surface area contributed by atoms with Crippen molar-refractivity contribution in [3.63, 3.8) is 0 Å². The van der Waals surface area contributed by atoms with Gasteiger partial charge in [0.2, 0.25) is 0 Å². The average Bonchev–Trinajstić information content (AvgIpc) is 2.65. The van der Waals surface area contributed by atoms with E-state index in [1.165, 1.54) is 11.1 Å². The Morgan fingerprint density at radius 1 is 0.933 bits per heavy atom. The van der Waals surface area contributed by atoms with Crippen LogP contribution in [0.5, 0.6) is 5.75 Å². The van der Waals surface area contributed by atoms with Crippen LogP contribution in [-0.4, -0.2) is 37.3 Å². The molecule has 0 aliphatic heterocycles. The molecule has 9 heteroatoms. The van der Waals surface area contributed by atoms with Crippen molar-refractivity contribution in [3.8, 4) is 5.75 Å². The summed E-state index contributed by atoms with van der Waals surface area (Å²) < 4.78 is 10.5. The van der Waals surface area contributed by atoms with Gasteiger partial charge in [0, 0.05) is 7.14 Å². The molecule has 164 valence electrons. The van der Waals surface area contributed by atoms with Gasteiger partial charge in [-0.15, -0.1) is 0 Å². The lowest BCUT2D eigenvalue weighted by Crippen LogP contribution is -2.21. The number of nitrogens with one attached hydrogen (secondary N) is 1. The zero-order valence-electron chi connectivity index (χ0n) is 16.3. The number of halogens is 4. The average molecular weight is 860 g/mol. The van der Waals surface area contributed by atoms with Crippen LogP contribution in [0.4, 0.5) is 0 Å². The summed E-state index contributed by atoms with van der Waals surface area (Å²) in [6, 6.07) is 8.30. The second-order valence-electron chi connectivity index (χ2n) is 6.77. The van der Waals surface area contributed by atoms with E-state index in [-0.39, 0.29) is 6.42 Å². The van der Waals surface area contributed by atoms with Crippen LogP contribution in [0, 0.1) is 14.3 Å². The lowest BCUT2D eigenvalue weighted by Gasteiger charge is -2.14. The van der Waals surface area contributed by atoms with Gasteiger partial charge in [-0.05, 0) is 170 Å². The minimum atomic E-state index is -0.805. The van der Waals surface area contributed by atoms with E-state index in [0.29, 0.717) is 6.61 Å². The van der Waals surface area contributed by atoms with Crippen molar-refractivity contribution in [1.82, 2.24) is 5.32 Å². The maximum atomic E-state index is 11.0. The van der Waals surface area contributed by atoms with E-state index in [0.717, 1.165) is 64.5 Å². The highest BCUT2D eigenvalue weighted by Gasteiger charge is 2.14. The molecule has 5 nitrogen and oxygen atoms in total. The van der Waals surface area contributed by atoms with E-state index in [9.17, 15) is 4.79 Å². The first-order valence-electron chi connectivity index (χ1n) is 9.52. The molecule has 2 aromatic carbocycles. The van der Waals surface area contributed by atoms with Crippen LogP contribution < -0.4 is 15.8 Å². The van der Waals surface area contributed by atoms with Crippen LogP contribution >= 0.6 is 90.4 Å². The number of hydrogen-bond donors (Lipinski definition) is 3. The highest BCUT2D eigenvalue weighted by Crippen LogP contribution is 2.31. The first-order chi connectivity index (χ1) is 14.3. The molecule has 0 aliphatic carbocycles. The van der Waals surface area contributed by atoms with Gasteiger partial charge in [-0.25, -0.2) is 0 Å². The molecule has 0 radical (unpaired) electrons. The zero-order chi connectivity index (χ0) is 22.1. The molecular formula is C21H24I4N2O3. The number of nitrogens with two attached hydrogens (primary N) is 1. The van der Waals surface area contributed by atoms with Gasteiger partial charge in [0.25, 0.3) is 0 Å². The predicted octanol–water partition coefficient (Wildman–Crippen LogP) is 5.03. The van der Waals surface area contributed by atoms with Gasteiger partial charge in [-0.1, -0.05) is 0 Å². The Bertz CT molecular complexity index is 831. The minimum absolute atomic E-state index is 0.0522. The summed E-state index contributed by atoms with van der Waals surface area (Å²) in [5, 5.41) is 12.4. The third-order valence-electron chi connectivity index (χ3n) is 4.30. The Labute approximate surface area is 232 Å². The fraction of sp³-hybridized carbons (Fsp3) is 0.381. The summed E-state index contributed by atoms with van der Waals surface area (Å²) in [6.07, 6.45) is 2.81. The monoisotopic (exact) mass is 860 g/mol. The van der Waals surface area contributed by atoms with Gasteiger partial charge in [0.05, 0.1) is 20.2 Å². The summed E-state index contributed by atoms with van der Waals surface area (Å²) in [7, 11) is 0. The van der Waals surface area contributed by atoms with Crippen molar-refractivity contribution in [2.24, 2.45) is 5.73 Å². The van der Waals surface area contributed by atoms with Gasteiger partial charge >= 0.3 is 5.97 Å². The van der Waals surface area contributed by atoms with E-state index in [2.05, 4.69) is 108 Å². The van der Waals surface area contributed by atoms with E-state index >= 15 is 0 Å². The standard InChI is InChI=1S/C21H24I4N2O3/c22-16-8-14(12-20(28)29)9-17(23)15(16)7-13-10-18(24)21(19(25)11-13)30-6-2-5-27-4-1-3-26/h8-11,27H,1-7,12,26H2,(H,28,29). The summed E-state index contributed by atoms with van der Waals surface area (Å²) in [5.74, 6) is 0.142. The van der Waals surface area contributed by atoms with Crippen molar-refractivity contribution in [3.05, 3.63) is 55.2 Å². The number of benzene rings is 2. The third-order valence-corrected chi connectivity index (χ3v) is 7.82. The van der Waals surface area contributed by atoms with Crippen molar-refractivity contribution >= 4 is 96.3 Å². The molecule has 0 unspecified atom stereocenters. The fourth-order valence-corrected chi connectivity index (χ4v) is 7.37. The molecule has 0 fully saturated rings. The van der Waals surface area contributed by atoms with Crippen molar-refractivity contribution in [2.75, 3.05) is 26.2 Å². The van der Waals surface area contributed by atoms with Crippen molar-refractivity contribution in [1.29, 1.82) is 0 Å². The molecule has 0 saturated heterocycles. The lowest BCUT2D eigenvalue weighted by molar-refractivity contribution is -0.136. The quantitative estimate of drug-likeness (QED) is 0.206.